The lowest BCUT2D eigenvalue weighted by Gasteiger charge is -2.50. The highest BCUT2D eigenvalue weighted by Crippen LogP contribution is 2.53. The summed E-state index contributed by atoms with van der Waals surface area (Å²) in [7, 11) is -3.37. The average molecular weight is 667 g/mol. The first-order valence-electron chi connectivity index (χ1n) is 13.4. The van der Waals surface area contributed by atoms with E-state index in [1.165, 1.54) is 0 Å². The molecule has 0 atom stereocenters. The van der Waals surface area contributed by atoms with E-state index in [4.69, 9.17) is 16.6 Å². The number of nitrogens with zero attached hydrogens (tertiary/aromatic N) is 3. The number of aromatic nitrogens is 2. The highest BCUT2D eigenvalue weighted by molar-refractivity contribution is 14.1. The molecule has 3 aromatic rings. The van der Waals surface area contributed by atoms with Crippen LogP contribution in [0.1, 0.15) is 63.0 Å². The first-order chi connectivity index (χ1) is 18.1. The molecule has 38 heavy (non-hydrogen) atoms. The molecule has 1 aromatic carbocycles. The molecule has 1 spiro atoms. The van der Waals surface area contributed by atoms with Crippen LogP contribution in [0.15, 0.2) is 46.1 Å². The van der Waals surface area contributed by atoms with Gasteiger partial charge in [-0.25, -0.2) is 16.5 Å². The topological polar surface area (TPSA) is 84.3 Å². The smallest absolute Gasteiger partial charge is 0.271 e. The van der Waals surface area contributed by atoms with Crippen LogP contribution in [0.25, 0.3) is 11.0 Å². The molecular weight excluding hydrogens is 635 g/mol. The largest absolute Gasteiger partial charge is 0.340 e. The lowest BCUT2D eigenvalue weighted by atomic mass is 9.63. The zero-order valence-corrected chi connectivity index (χ0v) is 25.2. The van der Waals surface area contributed by atoms with Crippen molar-refractivity contribution in [3.05, 3.63) is 57.3 Å². The number of piperidine rings is 1. The summed E-state index contributed by atoms with van der Waals surface area (Å²) < 4.78 is 30.9. The minimum absolute atomic E-state index is 0.109. The quantitative estimate of drug-likeness (QED) is 0.245. The summed E-state index contributed by atoms with van der Waals surface area (Å²) in [6, 6.07) is 10.9. The van der Waals surface area contributed by atoms with Crippen LogP contribution >= 0.6 is 34.5 Å². The highest BCUT2D eigenvalue weighted by Gasteiger charge is 2.50. The van der Waals surface area contributed by atoms with Crippen molar-refractivity contribution in [2.24, 2.45) is 5.41 Å². The molecule has 1 N–H and O–H groups in total. The van der Waals surface area contributed by atoms with Gasteiger partial charge < -0.3 is 5.32 Å². The first-order valence-corrected chi connectivity index (χ1v) is 16.3. The van der Waals surface area contributed by atoms with Crippen LogP contribution in [0.4, 0.5) is 11.5 Å². The zero-order chi connectivity index (χ0) is 26.7. The normalized spacial score (nSPS) is 20.7. The third kappa shape index (κ3) is 4.77. The molecule has 2 aliphatic carbocycles. The molecule has 2 aromatic heterocycles. The lowest BCUT2D eigenvalue weighted by molar-refractivity contribution is 0.0720. The Morgan fingerprint density at radius 2 is 1.79 bits per heavy atom. The molecule has 3 heterocycles. The van der Waals surface area contributed by atoms with Crippen LogP contribution in [0, 0.1) is 12.3 Å². The number of halogens is 2. The highest BCUT2D eigenvalue weighted by atomic mass is 127. The summed E-state index contributed by atoms with van der Waals surface area (Å²) in [5, 5.41) is 4.10. The molecule has 1 saturated heterocycles. The Bertz CT molecular complexity index is 1550. The number of sulfone groups is 1. The van der Waals surface area contributed by atoms with Crippen molar-refractivity contribution < 1.29 is 8.42 Å². The summed E-state index contributed by atoms with van der Waals surface area (Å²) in [6.07, 6.45) is 7.80. The first kappa shape index (κ1) is 26.5. The van der Waals surface area contributed by atoms with Gasteiger partial charge in [0.2, 0.25) is 0 Å². The van der Waals surface area contributed by atoms with E-state index in [1.54, 1.807) is 22.8 Å². The molecule has 0 bridgehead atoms. The number of nitrogens with one attached hydrogen (secondary N) is 1. The predicted octanol–water partition coefficient (Wildman–Crippen LogP) is 6.59. The summed E-state index contributed by atoms with van der Waals surface area (Å²) >= 11 is 8.63. The minimum Gasteiger partial charge on any atom is -0.340 e. The average Bonchev–Trinajstić information content (AvgIpc) is 3.40. The maximum atomic E-state index is 13.4. The fourth-order valence-corrected chi connectivity index (χ4v) is 9.34. The summed E-state index contributed by atoms with van der Waals surface area (Å²) in [5.74, 6) is 0.604. The standard InChI is InChI=1S/C28H32ClIN4O3S/c1-18-14-21(38(36,37)22-16-28(17-22)10-12-33(30)13-11-28)7-8-24(18)31-25-9-6-19-15-23(29)27(35)34(26(19)32-25)20-4-2-3-5-20/h6-9,14-15,20,22H,2-5,10-13,16-17H2,1H3,(H,31,32). The van der Waals surface area contributed by atoms with Crippen molar-refractivity contribution in [2.75, 3.05) is 18.4 Å². The SMILES string of the molecule is Cc1cc(S(=O)(=O)C2CC3(CCN(I)CC3)C2)ccc1Nc1ccc2cc(Cl)c(=O)n(C3CCCC3)c2n1. The fraction of sp³-hybridized carbons (Fsp3) is 0.500. The number of hydrogen-bond acceptors (Lipinski definition) is 6. The Morgan fingerprint density at radius 1 is 1.08 bits per heavy atom. The number of benzene rings is 1. The van der Waals surface area contributed by atoms with E-state index in [-0.39, 0.29) is 27.3 Å². The molecule has 202 valence electrons. The lowest BCUT2D eigenvalue weighted by Crippen LogP contribution is -2.49. The molecule has 3 aliphatic rings. The van der Waals surface area contributed by atoms with E-state index in [0.29, 0.717) is 16.4 Å². The van der Waals surface area contributed by atoms with Gasteiger partial charge in [0.1, 0.15) is 16.5 Å². The number of anilines is 2. The number of fused-ring (bicyclic) bond motifs is 1. The van der Waals surface area contributed by atoms with Gasteiger partial charge in [-0.05, 0) is 92.8 Å². The Balaban J connectivity index is 1.23. The number of rotatable bonds is 5. The second-order valence-corrected chi connectivity index (χ2v) is 15.3. The van der Waals surface area contributed by atoms with E-state index in [2.05, 4.69) is 31.3 Å². The number of aryl methyl sites for hydroxylation is 1. The van der Waals surface area contributed by atoms with Crippen molar-refractivity contribution in [3.8, 4) is 0 Å². The Hall–Kier alpha value is -1.69. The molecular formula is C28H32ClIN4O3S. The minimum atomic E-state index is -3.37. The van der Waals surface area contributed by atoms with Gasteiger partial charge in [-0.15, -0.1) is 0 Å². The van der Waals surface area contributed by atoms with E-state index >= 15 is 0 Å². The molecule has 10 heteroatoms. The third-order valence-electron chi connectivity index (χ3n) is 8.85. The van der Waals surface area contributed by atoms with Crippen LogP contribution < -0.4 is 10.9 Å². The van der Waals surface area contributed by atoms with Crippen molar-refractivity contribution in [2.45, 2.75) is 74.5 Å². The van der Waals surface area contributed by atoms with Crippen molar-refractivity contribution >= 4 is 66.8 Å². The van der Waals surface area contributed by atoms with Gasteiger partial charge in [-0.3, -0.25) is 9.36 Å². The molecule has 0 amide bonds. The predicted molar refractivity (Wildman–Crippen MR) is 160 cm³/mol. The molecule has 6 rings (SSSR count). The molecule has 0 unspecified atom stereocenters. The van der Waals surface area contributed by atoms with Gasteiger partial charge in [0.15, 0.2) is 9.84 Å². The molecule has 7 nitrogen and oxygen atoms in total. The second-order valence-electron chi connectivity index (χ2n) is 11.3. The number of hydrogen-bond donors (Lipinski definition) is 1. The Labute approximate surface area is 242 Å². The third-order valence-corrected chi connectivity index (χ3v) is 12.2. The van der Waals surface area contributed by atoms with Crippen molar-refractivity contribution in [3.63, 3.8) is 0 Å². The van der Waals surface area contributed by atoms with Crippen molar-refractivity contribution in [1.82, 2.24) is 12.7 Å². The second kappa shape index (κ2) is 10.1. The Morgan fingerprint density at radius 3 is 2.47 bits per heavy atom. The Kier molecular flexibility index (Phi) is 7.02. The van der Waals surface area contributed by atoms with Gasteiger partial charge in [-0.2, -0.15) is 0 Å². The van der Waals surface area contributed by atoms with Gasteiger partial charge in [0.05, 0.1) is 10.1 Å². The van der Waals surface area contributed by atoms with Crippen LogP contribution in [0.3, 0.4) is 0 Å². The van der Waals surface area contributed by atoms with Gasteiger partial charge in [0, 0.05) is 53.1 Å². The number of pyridine rings is 2. The van der Waals surface area contributed by atoms with Crippen LogP contribution in [-0.2, 0) is 9.84 Å². The summed E-state index contributed by atoms with van der Waals surface area (Å²) in [5.41, 5.74) is 2.27. The molecule has 0 radical (unpaired) electrons. The maximum absolute atomic E-state index is 13.4. The van der Waals surface area contributed by atoms with Crippen LogP contribution in [0.5, 0.6) is 0 Å². The molecule has 2 saturated carbocycles. The van der Waals surface area contributed by atoms with Crippen molar-refractivity contribution in [1.29, 1.82) is 0 Å². The van der Waals surface area contributed by atoms with E-state index < -0.39 is 9.84 Å². The maximum Gasteiger partial charge on any atom is 0.271 e. The van der Waals surface area contributed by atoms with E-state index in [0.717, 1.165) is 81.1 Å². The monoisotopic (exact) mass is 666 g/mol. The van der Waals surface area contributed by atoms with Gasteiger partial charge >= 0.3 is 0 Å². The molecule has 1 aliphatic heterocycles. The van der Waals surface area contributed by atoms with Gasteiger partial charge in [-0.1, -0.05) is 24.4 Å². The van der Waals surface area contributed by atoms with Crippen LogP contribution in [-0.4, -0.2) is 39.4 Å². The van der Waals surface area contributed by atoms with E-state index in [1.807, 2.05) is 25.1 Å². The van der Waals surface area contributed by atoms with E-state index in [9.17, 15) is 13.2 Å². The zero-order valence-electron chi connectivity index (χ0n) is 21.4. The fourth-order valence-electron chi connectivity index (χ4n) is 6.52. The summed E-state index contributed by atoms with van der Waals surface area (Å²) in [4.78, 5) is 18.1. The summed E-state index contributed by atoms with van der Waals surface area (Å²) in [6.45, 7) is 3.99. The van der Waals surface area contributed by atoms with Gasteiger partial charge in [0.25, 0.3) is 5.56 Å². The van der Waals surface area contributed by atoms with Crippen LogP contribution in [0.2, 0.25) is 5.02 Å². The molecule has 3 fully saturated rings.